The van der Waals surface area contributed by atoms with Gasteiger partial charge in [-0.15, -0.1) is 11.8 Å². The number of hydrogen-bond acceptors (Lipinski definition) is 4. The molecular formula is C24H18ClFN2O3S. The summed E-state index contributed by atoms with van der Waals surface area (Å²) >= 11 is 7.64. The molecule has 0 aliphatic carbocycles. The van der Waals surface area contributed by atoms with Gasteiger partial charge in [-0.3, -0.25) is 14.5 Å². The Hall–Kier alpha value is -3.03. The van der Waals surface area contributed by atoms with Crippen LogP contribution in [0.2, 0.25) is 5.02 Å². The van der Waals surface area contributed by atoms with Crippen LogP contribution in [-0.2, 0) is 21.0 Å². The van der Waals surface area contributed by atoms with Crippen LogP contribution in [0.25, 0.3) is 0 Å². The van der Waals surface area contributed by atoms with Crippen molar-refractivity contribution in [3.8, 4) is 5.75 Å². The van der Waals surface area contributed by atoms with Crippen LogP contribution in [0.15, 0.2) is 66.7 Å². The highest BCUT2D eigenvalue weighted by Crippen LogP contribution is 2.56. The molecule has 0 unspecified atom stereocenters. The summed E-state index contributed by atoms with van der Waals surface area (Å²) in [7, 11) is 1.52. The van der Waals surface area contributed by atoms with Gasteiger partial charge in [-0.05, 0) is 42.0 Å². The highest BCUT2D eigenvalue weighted by molar-refractivity contribution is 8.02. The van der Waals surface area contributed by atoms with E-state index in [-0.39, 0.29) is 29.9 Å². The second-order valence-electron chi connectivity index (χ2n) is 7.52. The fraction of sp³-hybridized carbons (Fsp3) is 0.167. The van der Waals surface area contributed by atoms with Gasteiger partial charge >= 0.3 is 0 Å². The molecular weight excluding hydrogens is 451 g/mol. The molecule has 0 saturated carbocycles. The number of methoxy groups -OCH3 is 1. The van der Waals surface area contributed by atoms with Crippen LogP contribution in [0, 0.1) is 5.82 Å². The zero-order valence-corrected chi connectivity index (χ0v) is 18.6. The van der Waals surface area contributed by atoms with Gasteiger partial charge in [0.1, 0.15) is 11.6 Å². The first kappa shape index (κ1) is 20.8. The summed E-state index contributed by atoms with van der Waals surface area (Å²) in [5.74, 6) is -0.0831. The lowest BCUT2D eigenvalue weighted by Crippen LogP contribution is -2.49. The minimum absolute atomic E-state index is 0.161. The van der Waals surface area contributed by atoms with Crippen molar-refractivity contribution in [2.24, 2.45) is 0 Å². The van der Waals surface area contributed by atoms with Gasteiger partial charge in [-0.1, -0.05) is 41.9 Å². The van der Waals surface area contributed by atoms with Gasteiger partial charge in [0.05, 0.1) is 30.1 Å². The average molecular weight is 469 g/mol. The molecule has 3 aromatic carbocycles. The Morgan fingerprint density at radius 2 is 1.84 bits per heavy atom. The largest absolute Gasteiger partial charge is 0.495 e. The first-order valence-electron chi connectivity index (χ1n) is 9.92. The lowest BCUT2D eigenvalue weighted by molar-refractivity contribution is -0.123. The minimum Gasteiger partial charge on any atom is -0.495 e. The average Bonchev–Trinajstić information content (AvgIpc) is 3.26. The summed E-state index contributed by atoms with van der Waals surface area (Å²) in [6.45, 7) is 0.268. The Morgan fingerprint density at radius 3 is 2.56 bits per heavy atom. The van der Waals surface area contributed by atoms with Gasteiger partial charge in [0.2, 0.25) is 10.8 Å². The van der Waals surface area contributed by atoms with Gasteiger partial charge in [0, 0.05) is 11.3 Å². The highest BCUT2D eigenvalue weighted by atomic mass is 35.5. The van der Waals surface area contributed by atoms with Crippen molar-refractivity contribution in [2.75, 3.05) is 22.7 Å². The molecule has 0 bridgehead atoms. The van der Waals surface area contributed by atoms with E-state index in [9.17, 15) is 14.0 Å². The van der Waals surface area contributed by atoms with E-state index in [2.05, 4.69) is 0 Å². The van der Waals surface area contributed by atoms with Crippen molar-refractivity contribution in [3.05, 3.63) is 88.7 Å². The minimum atomic E-state index is -1.23. The van der Waals surface area contributed by atoms with E-state index < -0.39 is 4.87 Å². The zero-order valence-electron chi connectivity index (χ0n) is 17.0. The van der Waals surface area contributed by atoms with Crippen LogP contribution in [0.3, 0.4) is 0 Å². The summed E-state index contributed by atoms with van der Waals surface area (Å²) in [5.41, 5.74) is 2.79. The standard InChI is InChI=1S/C24H18ClFN2O3S/c1-31-21-11-10-17(12-19(21)25)28-22(29)14-32-24(28)18-4-2-3-5-20(18)27(23(24)30)13-15-6-8-16(26)9-7-15/h2-12H,13-14H2,1H3/t24-/m1/s1. The van der Waals surface area contributed by atoms with Crippen LogP contribution in [0.5, 0.6) is 5.75 Å². The Balaban J connectivity index is 1.62. The van der Waals surface area contributed by atoms with Crippen molar-refractivity contribution in [3.63, 3.8) is 0 Å². The number of thioether (sulfide) groups is 1. The molecule has 1 saturated heterocycles. The first-order chi connectivity index (χ1) is 15.5. The molecule has 1 spiro atoms. The van der Waals surface area contributed by atoms with E-state index in [0.717, 1.165) is 16.8 Å². The van der Waals surface area contributed by atoms with Crippen LogP contribution in [0.4, 0.5) is 15.8 Å². The fourth-order valence-corrected chi connectivity index (χ4v) is 5.89. The lowest BCUT2D eigenvalue weighted by Gasteiger charge is -2.33. The van der Waals surface area contributed by atoms with Crippen LogP contribution >= 0.6 is 23.4 Å². The predicted octanol–water partition coefficient (Wildman–Crippen LogP) is 4.97. The molecule has 162 valence electrons. The molecule has 0 N–H and O–H groups in total. The molecule has 2 aliphatic heterocycles. The third-order valence-electron chi connectivity index (χ3n) is 5.71. The topological polar surface area (TPSA) is 49.9 Å². The molecule has 2 aliphatic rings. The number of ether oxygens (including phenoxy) is 1. The monoisotopic (exact) mass is 468 g/mol. The first-order valence-corrected chi connectivity index (χ1v) is 11.3. The van der Waals surface area contributed by atoms with Crippen molar-refractivity contribution in [1.29, 1.82) is 0 Å². The van der Waals surface area contributed by atoms with Gasteiger partial charge in [0.15, 0.2) is 0 Å². The number of carbonyl (C=O) groups excluding carboxylic acids is 2. The normalized spacial score (nSPS) is 19.7. The maximum atomic E-state index is 14.0. The van der Waals surface area contributed by atoms with Crippen LogP contribution in [-0.4, -0.2) is 24.7 Å². The molecule has 32 heavy (non-hydrogen) atoms. The lowest BCUT2D eigenvalue weighted by atomic mass is 10.0. The SMILES string of the molecule is COc1ccc(N2C(=O)CS[C@]23C(=O)N(Cc2ccc(F)cc2)c2ccccc23)cc1Cl. The van der Waals surface area contributed by atoms with Crippen LogP contribution < -0.4 is 14.5 Å². The molecule has 0 aromatic heterocycles. The number of anilines is 2. The molecule has 1 atom stereocenters. The third kappa shape index (κ3) is 3.07. The second kappa shape index (κ2) is 7.83. The third-order valence-corrected chi connectivity index (χ3v) is 7.39. The molecule has 0 radical (unpaired) electrons. The summed E-state index contributed by atoms with van der Waals surface area (Å²) in [4.78, 5) is 29.0. The van der Waals surface area contributed by atoms with E-state index >= 15 is 0 Å². The molecule has 1 fully saturated rings. The number of nitrogens with zero attached hydrogens (tertiary/aromatic N) is 2. The molecule has 8 heteroatoms. The van der Waals surface area contributed by atoms with Gasteiger partial charge < -0.3 is 9.64 Å². The van der Waals surface area contributed by atoms with E-state index in [4.69, 9.17) is 16.3 Å². The molecule has 3 aromatic rings. The highest BCUT2D eigenvalue weighted by Gasteiger charge is 2.60. The molecule has 5 nitrogen and oxygen atoms in total. The second-order valence-corrected chi connectivity index (χ2v) is 9.09. The van der Waals surface area contributed by atoms with E-state index in [1.54, 1.807) is 35.2 Å². The number of carbonyl (C=O) groups is 2. The van der Waals surface area contributed by atoms with Gasteiger partial charge in [-0.2, -0.15) is 0 Å². The number of benzene rings is 3. The maximum absolute atomic E-state index is 14.0. The summed E-state index contributed by atoms with van der Waals surface area (Å²) in [6.07, 6.45) is 0. The number of fused-ring (bicyclic) bond motifs is 2. The number of rotatable bonds is 4. The summed E-state index contributed by atoms with van der Waals surface area (Å²) in [5, 5.41) is 0.353. The number of para-hydroxylation sites is 1. The summed E-state index contributed by atoms with van der Waals surface area (Å²) < 4.78 is 18.6. The fourth-order valence-electron chi connectivity index (χ4n) is 4.28. The van der Waals surface area contributed by atoms with Gasteiger partial charge in [-0.25, -0.2) is 4.39 Å². The Kier molecular flexibility index (Phi) is 5.10. The molecule has 2 amide bonds. The molecule has 5 rings (SSSR count). The van der Waals surface area contributed by atoms with Crippen molar-refractivity contribution >= 4 is 46.6 Å². The Labute approximate surface area is 193 Å². The quantitative estimate of drug-likeness (QED) is 0.542. The van der Waals surface area contributed by atoms with E-state index in [0.29, 0.717) is 16.5 Å². The Morgan fingerprint density at radius 1 is 1.09 bits per heavy atom. The van der Waals surface area contributed by atoms with Crippen molar-refractivity contribution in [1.82, 2.24) is 0 Å². The Bertz CT molecular complexity index is 1240. The van der Waals surface area contributed by atoms with Crippen molar-refractivity contribution < 1.29 is 18.7 Å². The van der Waals surface area contributed by atoms with E-state index in [1.807, 2.05) is 24.3 Å². The van der Waals surface area contributed by atoms with Crippen LogP contribution in [0.1, 0.15) is 11.1 Å². The van der Waals surface area contributed by atoms with Crippen molar-refractivity contribution in [2.45, 2.75) is 11.4 Å². The number of halogens is 2. The number of hydrogen-bond donors (Lipinski definition) is 0. The van der Waals surface area contributed by atoms with Gasteiger partial charge in [0.25, 0.3) is 5.91 Å². The predicted molar refractivity (Wildman–Crippen MR) is 124 cm³/mol. The van der Waals surface area contributed by atoms with E-state index in [1.165, 1.54) is 35.9 Å². The zero-order chi connectivity index (χ0) is 22.5. The molecule has 2 heterocycles. The summed E-state index contributed by atoms with van der Waals surface area (Å²) in [6, 6.07) is 18.6. The smallest absolute Gasteiger partial charge is 0.269 e. The number of amides is 2. The maximum Gasteiger partial charge on any atom is 0.269 e.